The standard InChI is InChI=1S/C22H22N4O2/c1-14-17(20(27)24-12-16-4-2-3-6-23-16)8-18-19(25-14)5-7-26(21(18)28)13-22-9-15(10-22)11-22/h2-8,15H,9-13H2,1H3,(H,24,27). The molecule has 3 heterocycles. The van der Waals surface area contributed by atoms with Gasteiger partial charge in [-0.2, -0.15) is 0 Å². The average Bonchev–Trinajstić information content (AvgIpc) is 2.63. The van der Waals surface area contributed by atoms with E-state index in [1.165, 1.54) is 19.3 Å². The molecule has 3 saturated carbocycles. The van der Waals surface area contributed by atoms with Gasteiger partial charge >= 0.3 is 0 Å². The van der Waals surface area contributed by atoms with Gasteiger partial charge in [-0.15, -0.1) is 0 Å². The zero-order chi connectivity index (χ0) is 19.3. The summed E-state index contributed by atoms with van der Waals surface area (Å²) in [6.07, 6.45) is 7.26. The van der Waals surface area contributed by atoms with E-state index in [1.807, 2.05) is 30.5 Å². The molecule has 0 spiro atoms. The lowest BCUT2D eigenvalue weighted by Gasteiger charge is -2.62. The minimum absolute atomic E-state index is 0.0616. The smallest absolute Gasteiger partial charge is 0.260 e. The summed E-state index contributed by atoms with van der Waals surface area (Å²) in [5.41, 5.74) is 2.74. The zero-order valence-electron chi connectivity index (χ0n) is 15.8. The Morgan fingerprint density at radius 1 is 1.29 bits per heavy atom. The Labute approximate surface area is 162 Å². The van der Waals surface area contributed by atoms with Gasteiger partial charge in [0.2, 0.25) is 0 Å². The molecule has 6 nitrogen and oxygen atoms in total. The Morgan fingerprint density at radius 3 is 2.79 bits per heavy atom. The van der Waals surface area contributed by atoms with Crippen LogP contribution in [0.25, 0.3) is 10.9 Å². The summed E-state index contributed by atoms with van der Waals surface area (Å²) in [5, 5.41) is 3.37. The second-order valence-electron chi connectivity index (χ2n) is 8.29. The zero-order valence-corrected chi connectivity index (χ0v) is 15.8. The predicted molar refractivity (Wildman–Crippen MR) is 106 cm³/mol. The number of hydrogen-bond donors (Lipinski definition) is 1. The molecule has 1 amide bonds. The normalized spacial score (nSPS) is 22.4. The van der Waals surface area contributed by atoms with Crippen molar-refractivity contribution in [3.8, 4) is 0 Å². The highest BCUT2D eigenvalue weighted by Gasteiger charge is 2.56. The Bertz CT molecular complexity index is 1120. The third kappa shape index (κ3) is 2.80. The minimum Gasteiger partial charge on any atom is -0.346 e. The van der Waals surface area contributed by atoms with Crippen LogP contribution in [-0.2, 0) is 13.1 Å². The molecule has 3 aromatic heterocycles. The molecule has 3 fully saturated rings. The number of aromatic nitrogens is 3. The van der Waals surface area contributed by atoms with E-state index in [1.54, 1.807) is 23.8 Å². The first kappa shape index (κ1) is 17.1. The Morgan fingerprint density at radius 2 is 2.11 bits per heavy atom. The molecule has 3 aliphatic carbocycles. The molecule has 3 aromatic rings. The number of nitrogens with one attached hydrogen (secondary N) is 1. The number of aryl methyl sites for hydroxylation is 1. The van der Waals surface area contributed by atoms with Gasteiger partial charge in [0, 0.05) is 18.9 Å². The fourth-order valence-corrected chi connectivity index (χ4v) is 4.64. The van der Waals surface area contributed by atoms with E-state index in [2.05, 4.69) is 15.3 Å². The summed E-state index contributed by atoms with van der Waals surface area (Å²) in [6, 6.07) is 9.14. The first-order valence-corrected chi connectivity index (χ1v) is 9.72. The molecule has 0 aliphatic heterocycles. The first-order valence-electron chi connectivity index (χ1n) is 9.72. The van der Waals surface area contributed by atoms with Crippen molar-refractivity contribution < 1.29 is 4.79 Å². The van der Waals surface area contributed by atoms with Crippen molar-refractivity contribution in [2.45, 2.75) is 39.3 Å². The van der Waals surface area contributed by atoms with Crippen LogP contribution in [0.1, 0.15) is 41.0 Å². The van der Waals surface area contributed by atoms with Crippen LogP contribution in [0.15, 0.2) is 47.5 Å². The topological polar surface area (TPSA) is 76.9 Å². The fraction of sp³-hybridized carbons (Fsp3) is 0.364. The van der Waals surface area contributed by atoms with Gasteiger partial charge in [0.05, 0.1) is 34.4 Å². The van der Waals surface area contributed by atoms with Crippen LogP contribution in [0.2, 0.25) is 0 Å². The molecule has 6 rings (SSSR count). The molecule has 0 saturated heterocycles. The molecule has 1 N–H and O–H groups in total. The SMILES string of the molecule is Cc1nc2ccn(CC34CC(C3)C4)c(=O)c2cc1C(=O)NCc1ccccn1. The molecule has 0 aromatic carbocycles. The van der Waals surface area contributed by atoms with Crippen LogP contribution in [0.5, 0.6) is 0 Å². The van der Waals surface area contributed by atoms with E-state index < -0.39 is 0 Å². The summed E-state index contributed by atoms with van der Waals surface area (Å²) in [5.74, 6) is 0.640. The minimum atomic E-state index is -0.244. The number of carbonyl (C=O) groups is 1. The second kappa shape index (κ2) is 6.26. The molecular weight excluding hydrogens is 352 g/mol. The lowest BCUT2D eigenvalue weighted by molar-refractivity contribution is -0.118. The second-order valence-corrected chi connectivity index (χ2v) is 8.29. The van der Waals surface area contributed by atoms with Crippen molar-refractivity contribution in [1.82, 2.24) is 19.9 Å². The van der Waals surface area contributed by atoms with Crippen LogP contribution in [0.3, 0.4) is 0 Å². The van der Waals surface area contributed by atoms with Crippen molar-refractivity contribution in [1.29, 1.82) is 0 Å². The van der Waals surface area contributed by atoms with Crippen LogP contribution in [0, 0.1) is 18.3 Å². The Hall–Kier alpha value is -3.02. The number of fused-ring (bicyclic) bond motifs is 1. The van der Waals surface area contributed by atoms with Crippen LogP contribution in [-0.4, -0.2) is 20.4 Å². The summed E-state index contributed by atoms with van der Waals surface area (Å²) in [7, 11) is 0. The number of carbonyl (C=O) groups excluding carboxylic acids is 1. The number of amides is 1. The maximum atomic E-state index is 13.0. The quantitative estimate of drug-likeness (QED) is 0.745. The molecule has 3 aliphatic rings. The summed E-state index contributed by atoms with van der Waals surface area (Å²) >= 11 is 0. The summed E-state index contributed by atoms with van der Waals surface area (Å²) < 4.78 is 1.80. The molecule has 2 bridgehead atoms. The lowest BCUT2D eigenvalue weighted by Crippen LogP contribution is -2.54. The van der Waals surface area contributed by atoms with E-state index in [9.17, 15) is 9.59 Å². The van der Waals surface area contributed by atoms with Gasteiger partial charge in [-0.25, -0.2) is 0 Å². The molecule has 0 radical (unpaired) electrons. The molecule has 0 atom stereocenters. The predicted octanol–water partition coefficient (Wildman–Crippen LogP) is 2.83. The van der Waals surface area contributed by atoms with Gasteiger partial charge in [-0.05, 0) is 61.8 Å². The van der Waals surface area contributed by atoms with Gasteiger partial charge in [-0.1, -0.05) is 6.07 Å². The van der Waals surface area contributed by atoms with E-state index in [4.69, 9.17) is 0 Å². The largest absolute Gasteiger partial charge is 0.346 e. The van der Waals surface area contributed by atoms with Crippen LogP contribution in [0.4, 0.5) is 0 Å². The van der Waals surface area contributed by atoms with E-state index in [-0.39, 0.29) is 11.5 Å². The van der Waals surface area contributed by atoms with Crippen molar-refractivity contribution in [2.24, 2.45) is 11.3 Å². The van der Waals surface area contributed by atoms with Gasteiger partial charge in [0.15, 0.2) is 0 Å². The van der Waals surface area contributed by atoms with Gasteiger partial charge in [0.25, 0.3) is 11.5 Å². The highest BCUT2D eigenvalue weighted by Crippen LogP contribution is 2.65. The van der Waals surface area contributed by atoms with E-state index >= 15 is 0 Å². The molecule has 6 heteroatoms. The fourth-order valence-electron chi connectivity index (χ4n) is 4.64. The van der Waals surface area contributed by atoms with Crippen LogP contribution < -0.4 is 10.9 Å². The lowest BCUT2D eigenvalue weighted by atomic mass is 9.44. The Balaban J connectivity index is 1.43. The van der Waals surface area contributed by atoms with Crippen molar-refractivity contribution in [3.05, 3.63) is 70.0 Å². The van der Waals surface area contributed by atoms with Crippen molar-refractivity contribution >= 4 is 16.8 Å². The van der Waals surface area contributed by atoms with Crippen LogP contribution >= 0.6 is 0 Å². The van der Waals surface area contributed by atoms with Gasteiger partial charge in [0.1, 0.15) is 0 Å². The molecule has 142 valence electrons. The number of rotatable bonds is 5. The van der Waals surface area contributed by atoms with E-state index in [0.29, 0.717) is 34.1 Å². The number of hydrogen-bond acceptors (Lipinski definition) is 4. The van der Waals surface area contributed by atoms with Gasteiger partial charge < -0.3 is 9.88 Å². The maximum absolute atomic E-state index is 13.0. The van der Waals surface area contributed by atoms with Crippen molar-refractivity contribution in [2.75, 3.05) is 0 Å². The monoisotopic (exact) mass is 374 g/mol. The first-order chi connectivity index (χ1) is 13.5. The number of nitrogens with zero attached hydrogens (tertiary/aromatic N) is 3. The maximum Gasteiger partial charge on any atom is 0.260 e. The Kier molecular flexibility index (Phi) is 3.82. The van der Waals surface area contributed by atoms with E-state index in [0.717, 1.165) is 18.2 Å². The summed E-state index contributed by atoms with van der Waals surface area (Å²) in [6.45, 7) is 2.90. The molecule has 0 unspecified atom stereocenters. The van der Waals surface area contributed by atoms with Gasteiger partial charge in [-0.3, -0.25) is 19.6 Å². The third-order valence-electron chi connectivity index (χ3n) is 6.22. The molecule has 28 heavy (non-hydrogen) atoms. The summed E-state index contributed by atoms with van der Waals surface area (Å²) in [4.78, 5) is 34.4. The average molecular weight is 374 g/mol. The van der Waals surface area contributed by atoms with Crippen molar-refractivity contribution in [3.63, 3.8) is 0 Å². The highest BCUT2D eigenvalue weighted by atomic mass is 16.1. The highest BCUT2D eigenvalue weighted by molar-refractivity contribution is 5.98. The third-order valence-corrected chi connectivity index (χ3v) is 6.22. The number of pyridine rings is 3. The molecular formula is C22H22N4O2.